The third-order valence-corrected chi connectivity index (χ3v) is 3.42. The fourth-order valence-electron chi connectivity index (χ4n) is 1.72. The van der Waals surface area contributed by atoms with Crippen LogP contribution in [0, 0.1) is 5.92 Å². The first-order chi connectivity index (χ1) is 11.1. The normalized spacial score (nSPS) is 14.0. The van der Waals surface area contributed by atoms with Crippen LogP contribution in [-0.2, 0) is 19.2 Å². The van der Waals surface area contributed by atoms with Gasteiger partial charge in [0.25, 0.3) is 5.91 Å². The molecule has 0 aliphatic carbocycles. The number of nitrogens with one attached hydrogen (secondary N) is 2. The van der Waals surface area contributed by atoms with Crippen LogP contribution < -0.4 is 21.5 Å². The minimum absolute atomic E-state index is 0.0236. The number of amides is 2. The lowest BCUT2D eigenvalue weighted by Crippen LogP contribution is -2.68. The summed E-state index contributed by atoms with van der Waals surface area (Å²) >= 11 is 3.83. The molecule has 0 aliphatic rings. The Balaban J connectivity index is 4.54. The smallest absolute Gasteiger partial charge is 0.326 e. The molecule has 0 saturated carbocycles. The second-order valence-electron chi connectivity index (χ2n) is 5.53. The maximum absolute atomic E-state index is 12.0. The first-order valence-electron chi connectivity index (χ1n) is 7.32. The highest BCUT2D eigenvalue weighted by molar-refractivity contribution is 7.83. The van der Waals surface area contributed by atoms with Crippen molar-refractivity contribution < 1.29 is 35.1 Å². The second kappa shape index (κ2) is 10.7. The van der Waals surface area contributed by atoms with Gasteiger partial charge in [-0.3, -0.25) is 9.59 Å². The van der Waals surface area contributed by atoms with Crippen molar-refractivity contribution in [2.45, 2.75) is 45.2 Å². The van der Waals surface area contributed by atoms with Gasteiger partial charge >= 0.3 is 5.97 Å². The van der Waals surface area contributed by atoms with E-state index >= 15 is 0 Å². The molecule has 0 saturated heterocycles. The van der Waals surface area contributed by atoms with Gasteiger partial charge in [-0.1, -0.05) is 13.8 Å². The molecular formula is C14H23N3O6S. The molecule has 9 nitrogen and oxygen atoms in total. The molecule has 0 aromatic heterocycles. The van der Waals surface area contributed by atoms with Crippen LogP contribution in [0.2, 0.25) is 0 Å². The van der Waals surface area contributed by atoms with Crippen molar-refractivity contribution in [1.82, 2.24) is 10.6 Å². The zero-order valence-electron chi connectivity index (χ0n) is 13.6. The van der Waals surface area contributed by atoms with Crippen molar-refractivity contribution in [2.75, 3.05) is 0 Å². The van der Waals surface area contributed by atoms with Crippen molar-refractivity contribution in [2.24, 2.45) is 5.92 Å². The zero-order chi connectivity index (χ0) is 18.9. The molecule has 0 spiro atoms. The number of carboxylic acid groups (broad SMARTS) is 2. The average molecular weight is 361 g/mol. The van der Waals surface area contributed by atoms with E-state index in [-0.39, 0.29) is 30.9 Å². The number of quaternary nitrogens is 1. The Kier molecular flexibility index (Phi) is 9.74. The molecule has 24 heavy (non-hydrogen) atoms. The third kappa shape index (κ3) is 7.97. The lowest BCUT2D eigenvalue weighted by Gasteiger charge is -2.19. The first kappa shape index (κ1) is 21.9. The fourth-order valence-corrected chi connectivity index (χ4v) is 1.90. The van der Waals surface area contributed by atoms with Crippen molar-refractivity contribution in [1.29, 1.82) is 0 Å². The molecule has 0 radical (unpaired) electrons. The summed E-state index contributed by atoms with van der Waals surface area (Å²) in [7, 11) is 0. The molecular weight excluding hydrogens is 338 g/mol. The van der Waals surface area contributed by atoms with Crippen LogP contribution >= 0.6 is 12.6 Å². The average Bonchev–Trinajstić information content (AvgIpc) is 2.48. The maximum Gasteiger partial charge on any atom is 0.326 e. The van der Waals surface area contributed by atoms with Crippen molar-refractivity contribution in [3.63, 3.8) is 0 Å². The van der Waals surface area contributed by atoms with Crippen LogP contribution in [0.3, 0.4) is 0 Å². The van der Waals surface area contributed by atoms with E-state index in [0.29, 0.717) is 0 Å². The number of hydrogen-bond acceptors (Lipinski definition) is 6. The summed E-state index contributed by atoms with van der Waals surface area (Å²) in [5.74, 6) is -4.12. The SMILES string of the molecule is CC(C)[C@@H](NC(=O)C(=CS)NC(=O)CCC[C@H]([NH3+])C(=O)[O-])C(=O)O. The monoisotopic (exact) mass is 361 g/mol. The largest absolute Gasteiger partial charge is 0.544 e. The van der Waals surface area contributed by atoms with Gasteiger partial charge in [0, 0.05) is 12.8 Å². The molecule has 136 valence electrons. The number of carbonyl (C=O) groups is 4. The highest BCUT2D eigenvalue weighted by Crippen LogP contribution is 2.05. The highest BCUT2D eigenvalue weighted by Gasteiger charge is 2.25. The lowest BCUT2D eigenvalue weighted by molar-refractivity contribution is -0.438. The van der Waals surface area contributed by atoms with Crippen LogP contribution in [-0.4, -0.2) is 40.9 Å². The van der Waals surface area contributed by atoms with E-state index in [4.69, 9.17) is 5.11 Å². The molecule has 0 fully saturated rings. The van der Waals surface area contributed by atoms with E-state index in [1.807, 2.05) is 0 Å². The van der Waals surface area contributed by atoms with E-state index in [9.17, 15) is 24.3 Å². The van der Waals surface area contributed by atoms with Gasteiger partial charge in [-0.2, -0.15) is 0 Å². The van der Waals surface area contributed by atoms with E-state index in [1.165, 1.54) is 0 Å². The van der Waals surface area contributed by atoms with Gasteiger partial charge in [0.05, 0.1) is 5.97 Å². The molecule has 2 atom stereocenters. The van der Waals surface area contributed by atoms with Crippen LogP contribution in [0.15, 0.2) is 11.1 Å². The summed E-state index contributed by atoms with van der Waals surface area (Å²) < 4.78 is 0. The van der Waals surface area contributed by atoms with Gasteiger partial charge in [0.2, 0.25) is 5.91 Å². The molecule has 0 heterocycles. The summed E-state index contributed by atoms with van der Waals surface area (Å²) in [6, 6.07) is -2.02. The Bertz CT molecular complexity index is 521. The van der Waals surface area contributed by atoms with Gasteiger partial charge in [-0.15, -0.1) is 12.6 Å². The zero-order valence-corrected chi connectivity index (χ0v) is 14.5. The van der Waals surface area contributed by atoms with Gasteiger partial charge in [0.1, 0.15) is 17.8 Å². The fraction of sp³-hybridized carbons (Fsp3) is 0.571. The molecule has 2 amide bonds. The van der Waals surface area contributed by atoms with Crippen LogP contribution in [0.1, 0.15) is 33.1 Å². The number of carbonyl (C=O) groups excluding carboxylic acids is 3. The Labute approximate surface area is 145 Å². The maximum atomic E-state index is 12.0. The number of thiol groups is 1. The Hall–Kier alpha value is -2.07. The van der Waals surface area contributed by atoms with Crippen molar-refractivity contribution in [3.8, 4) is 0 Å². The second-order valence-corrected chi connectivity index (χ2v) is 5.79. The summed E-state index contributed by atoms with van der Waals surface area (Å²) in [5, 5.41) is 25.2. The minimum Gasteiger partial charge on any atom is -0.544 e. The molecule has 0 aromatic rings. The highest BCUT2D eigenvalue weighted by atomic mass is 32.1. The van der Waals surface area contributed by atoms with Crippen LogP contribution in [0.4, 0.5) is 0 Å². The summed E-state index contributed by atoms with van der Waals surface area (Å²) in [6.07, 6.45) is 0.389. The molecule has 0 rings (SSSR count). The first-order valence-corrected chi connectivity index (χ1v) is 7.83. The summed E-state index contributed by atoms with van der Waals surface area (Å²) in [4.78, 5) is 45.3. The van der Waals surface area contributed by atoms with Crippen LogP contribution in [0.25, 0.3) is 0 Å². The standard InChI is InChI=1S/C14H23N3O6S/c1-7(2)11(14(22)23)17-12(19)9(6-24)16-10(18)5-3-4-8(15)13(20)21/h6-8,11,24H,3-5,15H2,1-2H3,(H,16,18)(H,17,19)(H,20,21)(H,22,23)/t8-,11+/m0/s1. The Morgan fingerprint density at radius 1 is 1.29 bits per heavy atom. The molecule has 10 heteroatoms. The predicted molar refractivity (Wildman–Crippen MR) is 85.2 cm³/mol. The van der Waals surface area contributed by atoms with Crippen molar-refractivity contribution >= 4 is 36.4 Å². The Morgan fingerprint density at radius 2 is 1.88 bits per heavy atom. The van der Waals surface area contributed by atoms with Crippen LogP contribution in [0.5, 0.6) is 0 Å². The van der Waals surface area contributed by atoms with E-state index in [2.05, 4.69) is 29.0 Å². The van der Waals surface area contributed by atoms with Gasteiger partial charge in [-0.05, 0) is 17.7 Å². The predicted octanol–water partition coefficient (Wildman–Crippen LogP) is -2.37. The summed E-state index contributed by atoms with van der Waals surface area (Å²) in [6.45, 7) is 3.27. The molecule has 0 aromatic carbocycles. The van der Waals surface area contributed by atoms with Gasteiger partial charge in [0.15, 0.2) is 0 Å². The summed E-state index contributed by atoms with van der Waals surface area (Å²) in [5.41, 5.74) is 3.18. The van der Waals surface area contributed by atoms with Gasteiger partial charge in [-0.25, -0.2) is 4.79 Å². The topological polar surface area (TPSA) is 163 Å². The number of hydrogen-bond donors (Lipinski definition) is 5. The lowest BCUT2D eigenvalue weighted by atomic mass is 10.0. The number of rotatable bonds is 10. The van der Waals surface area contributed by atoms with Gasteiger partial charge < -0.3 is 31.4 Å². The number of aliphatic carboxylic acids is 2. The third-order valence-electron chi connectivity index (χ3n) is 3.16. The Morgan fingerprint density at radius 3 is 2.29 bits per heavy atom. The van der Waals surface area contributed by atoms with Crippen molar-refractivity contribution in [3.05, 3.63) is 11.1 Å². The van der Waals surface area contributed by atoms with E-state index < -0.39 is 35.8 Å². The minimum atomic E-state index is -1.29. The molecule has 6 N–H and O–H groups in total. The number of carboxylic acids is 2. The quantitative estimate of drug-likeness (QED) is 0.216. The van der Waals surface area contributed by atoms with E-state index in [0.717, 1.165) is 5.41 Å². The molecule has 0 aliphatic heterocycles. The van der Waals surface area contributed by atoms with E-state index in [1.54, 1.807) is 13.8 Å². The molecule has 0 bridgehead atoms. The molecule has 0 unspecified atom stereocenters.